The Morgan fingerprint density at radius 3 is 2.88 bits per heavy atom. The van der Waals surface area contributed by atoms with E-state index in [-0.39, 0.29) is 6.10 Å². The van der Waals surface area contributed by atoms with Crippen molar-refractivity contribution in [3.63, 3.8) is 0 Å². The molecule has 94 valence electrons. The second kappa shape index (κ2) is 6.01. The third kappa shape index (κ3) is 3.43. The molecule has 0 saturated carbocycles. The minimum atomic E-state index is 0.241. The number of hydrogen-bond acceptors (Lipinski definition) is 3. The van der Waals surface area contributed by atoms with Gasteiger partial charge in [-0.1, -0.05) is 13.0 Å². The van der Waals surface area contributed by atoms with Crippen LogP contribution in [0.2, 0.25) is 0 Å². The Balaban J connectivity index is 2.05. The molecule has 0 radical (unpaired) electrons. The number of nitrogens with one attached hydrogen (secondary N) is 1. The summed E-state index contributed by atoms with van der Waals surface area (Å²) < 4.78 is 5.77. The fourth-order valence-corrected chi connectivity index (χ4v) is 2.13. The van der Waals surface area contributed by atoms with E-state index in [1.807, 2.05) is 6.07 Å². The van der Waals surface area contributed by atoms with Crippen molar-refractivity contribution in [2.24, 2.45) is 0 Å². The zero-order chi connectivity index (χ0) is 12.1. The van der Waals surface area contributed by atoms with Crippen LogP contribution in [0.1, 0.15) is 44.7 Å². The number of hydrogen-bond donors (Lipinski definition) is 1. The number of nitrogens with zero attached hydrogens (tertiary/aromatic N) is 1. The van der Waals surface area contributed by atoms with Crippen molar-refractivity contribution in [3.05, 3.63) is 23.9 Å². The summed E-state index contributed by atoms with van der Waals surface area (Å²) in [5.74, 6) is 1.37. The maximum Gasteiger partial charge on any atom is 0.213 e. The lowest BCUT2D eigenvalue weighted by molar-refractivity contribution is 0.207. The van der Waals surface area contributed by atoms with E-state index >= 15 is 0 Å². The minimum Gasteiger partial charge on any atom is -0.475 e. The third-order valence-corrected chi connectivity index (χ3v) is 3.40. The van der Waals surface area contributed by atoms with Gasteiger partial charge in [-0.3, -0.25) is 0 Å². The van der Waals surface area contributed by atoms with Gasteiger partial charge < -0.3 is 10.1 Å². The Kier molecular flexibility index (Phi) is 4.37. The quantitative estimate of drug-likeness (QED) is 0.869. The van der Waals surface area contributed by atoms with E-state index in [9.17, 15) is 0 Å². The van der Waals surface area contributed by atoms with Crippen molar-refractivity contribution in [2.45, 2.75) is 45.1 Å². The monoisotopic (exact) mass is 234 g/mol. The Hall–Kier alpha value is -1.09. The molecule has 3 nitrogen and oxygen atoms in total. The Bertz CT molecular complexity index is 348. The summed E-state index contributed by atoms with van der Waals surface area (Å²) in [4.78, 5) is 4.63. The third-order valence-electron chi connectivity index (χ3n) is 3.40. The van der Waals surface area contributed by atoms with E-state index < -0.39 is 0 Å². The molecule has 0 bridgehead atoms. The first-order valence-corrected chi connectivity index (χ1v) is 6.64. The van der Waals surface area contributed by atoms with Gasteiger partial charge in [0.05, 0.1) is 6.10 Å². The maximum atomic E-state index is 5.77. The van der Waals surface area contributed by atoms with Crippen molar-refractivity contribution in [3.8, 4) is 5.88 Å². The van der Waals surface area contributed by atoms with Crippen LogP contribution in [0.5, 0.6) is 5.88 Å². The van der Waals surface area contributed by atoms with Gasteiger partial charge in [0.1, 0.15) is 0 Å². The minimum absolute atomic E-state index is 0.241. The second-order valence-electron chi connectivity index (χ2n) is 4.76. The molecule has 0 aromatic carbocycles. The molecule has 1 aromatic heterocycles. The molecule has 1 aliphatic heterocycles. The highest BCUT2D eigenvalue weighted by Gasteiger charge is 2.16. The van der Waals surface area contributed by atoms with E-state index in [1.165, 1.54) is 18.5 Å². The van der Waals surface area contributed by atoms with Gasteiger partial charge >= 0.3 is 0 Å². The smallest absolute Gasteiger partial charge is 0.213 e. The molecule has 1 fully saturated rings. The Morgan fingerprint density at radius 1 is 1.41 bits per heavy atom. The van der Waals surface area contributed by atoms with Crippen LogP contribution in [-0.2, 0) is 0 Å². The fourth-order valence-electron chi connectivity index (χ4n) is 2.13. The van der Waals surface area contributed by atoms with Gasteiger partial charge in [0.2, 0.25) is 5.88 Å². The molecule has 1 aromatic rings. The first-order valence-electron chi connectivity index (χ1n) is 6.64. The zero-order valence-corrected chi connectivity index (χ0v) is 10.8. The van der Waals surface area contributed by atoms with Gasteiger partial charge in [-0.05, 0) is 45.3 Å². The summed E-state index contributed by atoms with van der Waals surface area (Å²) in [6.45, 7) is 6.41. The highest BCUT2D eigenvalue weighted by atomic mass is 16.5. The first kappa shape index (κ1) is 12.4. The molecule has 2 heterocycles. The lowest BCUT2D eigenvalue weighted by atomic mass is 9.94. The van der Waals surface area contributed by atoms with Gasteiger partial charge in [-0.25, -0.2) is 4.98 Å². The van der Waals surface area contributed by atoms with Crippen molar-refractivity contribution >= 4 is 0 Å². The topological polar surface area (TPSA) is 34.1 Å². The Labute approximate surface area is 104 Å². The van der Waals surface area contributed by atoms with Crippen LogP contribution >= 0.6 is 0 Å². The van der Waals surface area contributed by atoms with Crippen LogP contribution in [0.25, 0.3) is 0 Å². The standard InChI is InChI=1S/C14H22N2O/c1-3-11(2)17-14-6-4-5-13(16-14)12-7-9-15-10-8-12/h4-6,11-12,15H,3,7-10H2,1-2H3. The lowest BCUT2D eigenvalue weighted by Crippen LogP contribution is -2.27. The Morgan fingerprint density at radius 2 is 2.18 bits per heavy atom. The van der Waals surface area contributed by atoms with Crippen LogP contribution in [0.15, 0.2) is 18.2 Å². The van der Waals surface area contributed by atoms with Gasteiger partial charge in [0.15, 0.2) is 0 Å². The van der Waals surface area contributed by atoms with Crippen LogP contribution in [-0.4, -0.2) is 24.2 Å². The predicted octanol–water partition coefficient (Wildman–Crippen LogP) is 2.73. The van der Waals surface area contributed by atoms with Gasteiger partial charge in [-0.15, -0.1) is 0 Å². The largest absolute Gasteiger partial charge is 0.475 e. The van der Waals surface area contributed by atoms with E-state index in [0.717, 1.165) is 25.4 Å². The van der Waals surface area contributed by atoms with Crippen LogP contribution < -0.4 is 10.1 Å². The second-order valence-corrected chi connectivity index (χ2v) is 4.76. The van der Waals surface area contributed by atoms with Crippen molar-refractivity contribution in [2.75, 3.05) is 13.1 Å². The number of pyridine rings is 1. The van der Waals surface area contributed by atoms with E-state index in [4.69, 9.17) is 4.74 Å². The summed E-state index contributed by atoms with van der Waals surface area (Å²) in [7, 11) is 0. The van der Waals surface area contributed by atoms with Crippen LogP contribution in [0, 0.1) is 0 Å². The van der Waals surface area contributed by atoms with Crippen molar-refractivity contribution in [1.82, 2.24) is 10.3 Å². The maximum absolute atomic E-state index is 5.77. The van der Waals surface area contributed by atoms with Crippen LogP contribution in [0.3, 0.4) is 0 Å². The predicted molar refractivity (Wildman–Crippen MR) is 69.5 cm³/mol. The molecule has 0 spiro atoms. The summed E-state index contributed by atoms with van der Waals surface area (Å²) in [5.41, 5.74) is 1.19. The number of piperidine rings is 1. The van der Waals surface area contributed by atoms with E-state index in [0.29, 0.717) is 5.92 Å². The van der Waals surface area contributed by atoms with Crippen LogP contribution in [0.4, 0.5) is 0 Å². The molecule has 17 heavy (non-hydrogen) atoms. The molecular weight excluding hydrogens is 212 g/mol. The van der Waals surface area contributed by atoms with Crippen molar-refractivity contribution < 1.29 is 4.74 Å². The average Bonchev–Trinajstić information content (AvgIpc) is 2.40. The zero-order valence-electron chi connectivity index (χ0n) is 10.8. The average molecular weight is 234 g/mol. The van der Waals surface area contributed by atoms with E-state index in [1.54, 1.807) is 0 Å². The summed E-state index contributed by atoms with van der Waals surface area (Å²) in [6.07, 6.45) is 3.62. The van der Waals surface area contributed by atoms with Gasteiger partial charge in [0.25, 0.3) is 0 Å². The van der Waals surface area contributed by atoms with Gasteiger partial charge in [0, 0.05) is 17.7 Å². The molecule has 1 N–H and O–H groups in total. The van der Waals surface area contributed by atoms with Gasteiger partial charge in [-0.2, -0.15) is 0 Å². The highest BCUT2D eigenvalue weighted by molar-refractivity contribution is 5.19. The number of aromatic nitrogens is 1. The normalized spacial score (nSPS) is 18.9. The number of rotatable bonds is 4. The number of ether oxygens (including phenoxy) is 1. The molecule has 2 rings (SSSR count). The molecule has 3 heteroatoms. The molecule has 1 aliphatic rings. The summed E-state index contributed by atoms with van der Waals surface area (Å²) in [6, 6.07) is 6.14. The van der Waals surface area contributed by atoms with E-state index in [2.05, 4.69) is 36.3 Å². The molecule has 1 unspecified atom stereocenters. The summed E-state index contributed by atoms with van der Waals surface area (Å²) >= 11 is 0. The molecular formula is C14H22N2O. The molecule has 0 aliphatic carbocycles. The fraction of sp³-hybridized carbons (Fsp3) is 0.643. The highest BCUT2D eigenvalue weighted by Crippen LogP contribution is 2.25. The first-order chi connectivity index (χ1) is 8.29. The summed E-state index contributed by atoms with van der Waals surface area (Å²) in [5, 5.41) is 3.38. The molecule has 0 amide bonds. The SMILES string of the molecule is CCC(C)Oc1cccc(C2CCNCC2)n1. The molecule has 1 atom stereocenters. The lowest BCUT2D eigenvalue weighted by Gasteiger charge is -2.22. The molecule has 1 saturated heterocycles. The van der Waals surface area contributed by atoms with Crippen molar-refractivity contribution in [1.29, 1.82) is 0 Å².